The van der Waals surface area contributed by atoms with E-state index in [0.29, 0.717) is 58.7 Å². The second-order valence-corrected chi connectivity index (χ2v) is 17.6. The number of carbonyl (C=O) groups is 4. The van der Waals surface area contributed by atoms with Crippen LogP contribution in [-0.4, -0.2) is 178 Å². The Bertz CT molecular complexity index is 1080. The van der Waals surface area contributed by atoms with Crippen LogP contribution < -0.4 is 52.3 Å². The van der Waals surface area contributed by atoms with E-state index in [2.05, 4.69) is 112 Å². The van der Waals surface area contributed by atoms with Gasteiger partial charge >= 0.3 is 0 Å². The van der Waals surface area contributed by atoms with Crippen LogP contribution >= 0.6 is 0 Å². The van der Waals surface area contributed by atoms with Crippen molar-refractivity contribution in [3.05, 3.63) is 12.4 Å². The van der Waals surface area contributed by atoms with Crippen LogP contribution in [0.3, 0.4) is 0 Å². The molecule has 2 atom stereocenters. The van der Waals surface area contributed by atoms with Gasteiger partial charge in [0.15, 0.2) is 6.67 Å². The largest absolute Gasteiger partial charge is 0.393 e. The van der Waals surface area contributed by atoms with Gasteiger partial charge in [-0.15, -0.1) is 0 Å². The maximum absolute atomic E-state index is 11.0. The van der Waals surface area contributed by atoms with E-state index in [9.17, 15) is 19.2 Å². The molecule has 16 nitrogen and oxygen atoms in total. The number of hydrogen-bond donors (Lipinski definition) is 10. The third-order valence-electron chi connectivity index (χ3n) is 12.3. The smallest absolute Gasteiger partial charge is 0.223 e. The van der Waals surface area contributed by atoms with E-state index in [1.807, 2.05) is 47.3 Å². The number of rotatable bonds is 27. The summed E-state index contributed by atoms with van der Waals surface area (Å²) in [6.45, 7) is 48.1. The van der Waals surface area contributed by atoms with E-state index in [1.165, 1.54) is 124 Å². The highest BCUT2D eigenvalue weighted by Crippen LogP contribution is 2.18. The molecule has 0 saturated carbocycles. The fraction of sp³-hybridized carbons (Fsp3) is 0.885. The zero-order valence-corrected chi connectivity index (χ0v) is 47.9. The van der Waals surface area contributed by atoms with Crippen LogP contribution in [0.4, 0.5) is 0 Å². The summed E-state index contributed by atoms with van der Waals surface area (Å²) >= 11 is 0. The first-order valence-corrected chi connectivity index (χ1v) is 27.5. The van der Waals surface area contributed by atoms with Gasteiger partial charge in [0, 0.05) is 77.6 Å². The summed E-state index contributed by atoms with van der Waals surface area (Å²) in [5.41, 5.74) is 0. The molecule has 16 heteroatoms. The van der Waals surface area contributed by atoms with Crippen molar-refractivity contribution in [1.29, 1.82) is 0 Å². The van der Waals surface area contributed by atoms with Crippen molar-refractivity contribution < 1.29 is 37.9 Å². The fourth-order valence-electron chi connectivity index (χ4n) is 6.91. The average molecular weight is 978 g/mol. The maximum Gasteiger partial charge on any atom is 0.223 e. The Hall–Kier alpha value is -3.02. The van der Waals surface area contributed by atoms with Gasteiger partial charge in [-0.1, -0.05) is 48.5 Å². The number of carbonyl (C=O) groups excluding carboxylic acids is 4. The molecule has 2 rings (SSSR count). The molecule has 0 radical (unpaired) electrons. The molecule has 2 fully saturated rings. The van der Waals surface area contributed by atoms with E-state index in [0.717, 1.165) is 26.2 Å². The zero-order valence-electron chi connectivity index (χ0n) is 47.9. The number of likely N-dealkylation sites (N-methyl/N-ethyl adjacent to an activating group) is 1. The molecular formula is C52H120N12O4+4. The molecule has 2 heterocycles. The minimum absolute atomic E-state index is 0.0232. The van der Waals surface area contributed by atoms with Crippen LogP contribution in [0, 0.1) is 0 Å². The van der Waals surface area contributed by atoms with Crippen LogP contribution in [0.15, 0.2) is 12.4 Å². The maximum atomic E-state index is 11.0. The lowest BCUT2D eigenvalue weighted by Crippen LogP contribution is -3.11. The van der Waals surface area contributed by atoms with Crippen LogP contribution in [0.1, 0.15) is 161 Å². The summed E-state index contributed by atoms with van der Waals surface area (Å²) in [4.78, 5) is 46.2. The van der Waals surface area contributed by atoms with Gasteiger partial charge in [-0.05, 0) is 86.7 Å². The molecule has 68 heavy (non-hydrogen) atoms. The summed E-state index contributed by atoms with van der Waals surface area (Å²) < 4.78 is 2.78. The monoisotopic (exact) mass is 977 g/mol. The van der Waals surface area contributed by atoms with Gasteiger partial charge in [-0.25, -0.2) is 0 Å². The number of nitrogens with zero attached hydrogens (tertiary/aromatic N) is 2. The standard InChI is InChI=1S/C10H21N3O2.C9H19N3O2.C9H20N.C8H18N.C6H15N.C5H12N2.C5H13N/c1-4-9(14)11-6-7-13(3)8-12-10(15)5-2;1-3-8(13)11-6-5-10-7-12-9(14)4-2;1-3-10(4-2)8-6-5-7-9-10;1-3-9(4-2)7-5-6-8-9;1-4-6-7(3)5-2;1-3-7-5-4-6-2;1-3-5-6-4-2/h4-8H2,1-3H3,(H,11,14)(H,12,15);10H,3-7H2,1-2H3,(H,11,13)(H,12,14);3-9H2,1-2H3;3-8H2,1-2H3;4-6H2,1-3H3;4-7H,3H2,1-2H3;6H,3-5H2,1-2H3/q;;2*+1;;;/p+2. The summed E-state index contributed by atoms with van der Waals surface area (Å²) in [6.07, 6.45) is 15.6. The molecule has 0 aromatic carbocycles. The van der Waals surface area contributed by atoms with Crippen molar-refractivity contribution >= 4 is 23.6 Å². The molecule has 0 spiro atoms. The molecule has 408 valence electrons. The molecule has 2 aliphatic heterocycles. The Morgan fingerprint density at radius 3 is 1.28 bits per heavy atom. The minimum Gasteiger partial charge on any atom is -0.393 e. The molecule has 0 aromatic rings. The summed E-state index contributed by atoms with van der Waals surface area (Å²) in [5, 5.41) is 23.0. The molecule has 0 aliphatic carbocycles. The highest BCUT2D eigenvalue weighted by molar-refractivity contribution is 5.76. The average Bonchev–Trinajstić information content (AvgIpc) is 3.87. The van der Waals surface area contributed by atoms with Crippen molar-refractivity contribution in [1.82, 2.24) is 42.5 Å². The van der Waals surface area contributed by atoms with Crippen LogP contribution in [0.2, 0.25) is 0 Å². The first kappa shape index (κ1) is 73.9. The second kappa shape index (κ2) is 56.6. The number of piperidine rings is 1. The van der Waals surface area contributed by atoms with Crippen molar-refractivity contribution in [2.75, 3.05) is 146 Å². The molecular weight excluding hydrogens is 857 g/mol. The Morgan fingerprint density at radius 2 is 0.926 bits per heavy atom. The molecule has 0 aromatic heterocycles. The van der Waals surface area contributed by atoms with E-state index in [4.69, 9.17) is 0 Å². The van der Waals surface area contributed by atoms with Crippen molar-refractivity contribution in [3.8, 4) is 0 Å². The normalized spacial score (nSPS) is 14.7. The molecule has 4 amide bonds. The summed E-state index contributed by atoms with van der Waals surface area (Å²) in [5.74, 6) is 0.201. The van der Waals surface area contributed by atoms with Crippen molar-refractivity contribution in [2.45, 2.75) is 161 Å². The highest BCUT2D eigenvalue weighted by atomic mass is 16.2. The van der Waals surface area contributed by atoms with Crippen LogP contribution in [0.25, 0.3) is 0 Å². The highest BCUT2D eigenvalue weighted by Gasteiger charge is 2.27. The van der Waals surface area contributed by atoms with E-state index >= 15 is 0 Å². The van der Waals surface area contributed by atoms with Gasteiger partial charge in [0.2, 0.25) is 23.6 Å². The van der Waals surface area contributed by atoms with Gasteiger partial charge < -0.3 is 56.0 Å². The third kappa shape index (κ3) is 52.4. The Morgan fingerprint density at radius 1 is 0.471 bits per heavy atom. The number of quaternary nitrogens is 4. The first-order valence-electron chi connectivity index (χ1n) is 27.5. The Balaban J connectivity index is -0.000000233. The number of amides is 4. The summed E-state index contributed by atoms with van der Waals surface area (Å²) in [7, 11) is 6.07. The van der Waals surface area contributed by atoms with E-state index < -0.39 is 0 Å². The van der Waals surface area contributed by atoms with Gasteiger partial charge in [0.1, 0.15) is 0 Å². The lowest BCUT2D eigenvalue weighted by Gasteiger charge is -2.39. The SMILES string of the molecule is CCC(=O)NCCNCNC(=O)CC.CCC(=O)NCC[NH+](C)CNC(=O)CC.CCCNCC.CCC[NH+](C)CC.CCNC=CNC.CC[N+]1(CC)CCCC1.CC[N+]1(CC)CCCCC1. The van der Waals surface area contributed by atoms with Gasteiger partial charge in [0.25, 0.3) is 0 Å². The van der Waals surface area contributed by atoms with Crippen molar-refractivity contribution in [3.63, 3.8) is 0 Å². The molecule has 10 N–H and O–H groups in total. The van der Waals surface area contributed by atoms with Gasteiger partial charge in [-0.3, -0.25) is 24.5 Å². The zero-order chi connectivity index (χ0) is 52.7. The lowest BCUT2D eigenvalue weighted by molar-refractivity contribution is -0.929. The van der Waals surface area contributed by atoms with E-state index in [-0.39, 0.29) is 23.6 Å². The number of hydrogen-bond acceptors (Lipinski definition) is 8. The van der Waals surface area contributed by atoms with Crippen LogP contribution in [0.5, 0.6) is 0 Å². The number of nitrogens with one attached hydrogen (secondary N) is 10. The topological polar surface area (TPSA) is 173 Å². The Kier molecular flexibility index (Phi) is 61.5. The minimum atomic E-state index is 0.0232. The predicted octanol–water partition coefficient (Wildman–Crippen LogP) is 2.98. The molecule has 2 aliphatic rings. The first-order chi connectivity index (χ1) is 32.6. The fourth-order valence-corrected chi connectivity index (χ4v) is 6.91. The van der Waals surface area contributed by atoms with Gasteiger partial charge in [0.05, 0.1) is 99.3 Å². The van der Waals surface area contributed by atoms with Crippen LogP contribution in [-0.2, 0) is 19.2 Å². The summed E-state index contributed by atoms with van der Waals surface area (Å²) in [6, 6.07) is 0. The van der Waals surface area contributed by atoms with Crippen molar-refractivity contribution in [2.24, 2.45) is 0 Å². The van der Waals surface area contributed by atoms with Gasteiger partial charge in [-0.2, -0.15) is 0 Å². The molecule has 0 bridgehead atoms. The Labute approximate surface area is 421 Å². The molecule has 2 saturated heterocycles. The molecule has 2 unspecified atom stereocenters. The second-order valence-electron chi connectivity index (χ2n) is 17.6. The predicted molar refractivity (Wildman–Crippen MR) is 291 cm³/mol. The number of likely N-dealkylation sites (tertiary alicyclic amines) is 2. The van der Waals surface area contributed by atoms with E-state index in [1.54, 1.807) is 11.8 Å². The quantitative estimate of drug-likeness (QED) is 0.0340. The third-order valence-corrected chi connectivity index (χ3v) is 12.3. The lowest BCUT2D eigenvalue weighted by atomic mass is 10.1.